The van der Waals surface area contributed by atoms with E-state index in [9.17, 15) is 0 Å². The van der Waals surface area contributed by atoms with Crippen LogP contribution in [-0.2, 0) is 6.42 Å². The van der Waals surface area contributed by atoms with Crippen LogP contribution in [0.1, 0.15) is 28.8 Å². The zero-order chi connectivity index (χ0) is 11.5. The van der Waals surface area contributed by atoms with Gasteiger partial charge in [-0.15, -0.1) is 0 Å². The standard InChI is InChI=1S/C12H15N3O/c1-8-6-11(9(2)15-14-8)12(13)7-10-4-3-5-16-10/h3-6,12H,7,13H2,1-2H3. The maximum Gasteiger partial charge on any atom is 0.105 e. The number of rotatable bonds is 3. The fourth-order valence-corrected chi connectivity index (χ4v) is 1.70. The average Bonchev–Trinajstić information content (AvgIpc) is 2.74. The van der Waals surface area contributed by atoms with Gasteiger partial charge in [0.05, 0.1) is 17.7 Å². The number of furan rings is 1. The predicted molar refractivity (Wildman–Crippen MR) is 60.8 cm³/mol. The molecule has 0 bridgehead atoms. The van der Waals surface area contributed by atoms with E-state index in [1.165, 1.54) is 0 Å². The van der Waals surface area contributed by atoms with E-state index in [0.29, 0.717) is 6.42 Å². The summed E-state index contributed by atoms with van der Waals surface area (Å²) in [4.78, 5) is 0. The van der Waals surface area contributed by atoms with Crippen molar-refractivity contribution in [3.63, 3.8) is 0 Å². The van der Waals surface area contributed by atoms with E-state index in [-0.39, 0.29) is 6.04 Å². The Morgan fingerprint density at radius 2 is 2.19 bits per heavy atom. The van der Waals surface area contributed by atoms with Gasteiger partial charge >= 0.3 is 0 Å². The van der Waals surface area contributed by atoms with Crippen molar-refractivity contribution in [3.05, 3.63) is 47.2 Å². The molecule has 0 fully saturated rings. The fourth-order valence-electron chi connectivity index (χ4n) is 1.70. The number of nitrogens with zero attached hydrogens (tertiary/aromatic N) is 2. The average molecular weight is 217 g/mol. The number of hydrogen-bond acceptors (Lipinski definition) is 4. The van der Waals surface area contributed by atoms with Gasteiger partial charge in [0.1, 0.15) is 5.76 Å². The Morgan fingerprint density at radius 1 is 1.38 bits per heavy atom. The molecular weight excluding hydrogens is 202 g/mol. The van der Waals surface area contributed by atoms with Gasteiger partial charge in [0, 0.05) is 12.5 Å². The Hall–Kier alpha value is -1.68. The first kappa shape index (κ1) is 10.8. The van der Waals surface area contributed by atoms with Gasteiger partial charge in [0.15, 0.2) is 0 Å². The van der Waals surface area contributed by atoms with Crippen molar-refractivity contribution >= 4 is 0 Å². The lowest BCUT2D eigenvalue weighted by Crippen LogP contribution is -2.15. The molecule has 0 aliphatic carbocycles. The Morgan fingerprint density at radius 3 is 2.88 bits per heavy atom. The molecular formula is C12H15N3O. The van der Waals surface area contributed by atoms with E-state index in [1.54, 1.807) is 6.26 Å². The summed E-state index contributed by atoms with van der Waals surface area (Å²) < 4.78 is 5.28. The molecule has 4 nitrogen and oxygen atoms in total. The second-order valence-electron chi connectivity index (χ2n) is 3.92. The molecule has 16 heavy (non-hydrogen) atoms. The lowest BCUT2D eigenvalue weighted by molar-refractivity contribution is 0.487. The number of aromatic nitrogens is 2. The third kappa shape index (κ3) is 2.28. The monoisotopic (exact) mass is 217 g/mol. The minimum atomic E-state index is -0.0969. The molecule has 1 unspecified atom stereocenters. The van der Waals surface area contributed by atoms with Crippen LogP contribution < -0.4 is 5.73 Å². The van der Waals surface area contributed by atoms with Crippen molar-refractivity contribution in [2.24, 2.45) is 5.73 Å². The van der Waals surface area contributed by atoms with E-state index in [1.807, 2.05) is 32.0 Å². The van der Waals surface area contributed by atoms with Gasteiger partial charge in [-0.25, -0.2) is 0 Å². The Balaban J connectivity index is 2.20. The highest BCUT2D eigenvalue weighted by atomic mass is 16.3. The van der Waals surface area contributed by atoms with Crippen LogP contribution in [0.15, 0.2) is 28.9 Å². The summed E-state index contributed by atoms with van der Waals surface area (Å²) in [6, 6.07) is 5.68. The quantitative estimate of drug-likeness (QED) is 0.853. The van der Waals surface area contributed by atoms with Crippen LogP contribution in [0, 0.1) is 13.8 Å². The molecule has 2 N–H and O–H groups in total. The van der Waals surface area contributed by atoms with Crippen LogP contribution >= 0.6 is 0 Å². The zero-order valence-corrected chi connectivity index (χ0v) is 9.47. The van der Waals surface area contributed by atoms with Gasteiger partial charge in [-0.05, 0) is 37.6 Å². The number of hydrogen-bond donors (Lipinski definition) is 1. The molecule has 1 atom stereocenters. The van der Waals surface area contributed by atoms with E-state index < -0.39 is 0 Å². The summed E-state index contributed by atoms with van der Waals surface area (Å²) in [5, 5.41) is 8.06. The van der Waals surface area contributed by atoms with E-state index in [4.69, 9.17) is 10.2 Å². The van der Waals surface area contributed by atoms with Gasteiger partial charge in [-0.3, -0.25) is 0 Å². The molecule has 2 heterocycles. The second kappa shape index (κ2) is 4.45. The Labute approximate surface area is 94.5 Å². The van der Waals surface area contributed by atoms with Crippen molar-refractivity contribution in [3.8, 4) is 0 Å². The van der Waals surface area contributed by atoms with Crippen LogP contribution in [0.2, 0.25) is 0 Å². The summed E-state index contributed by atoms with van der Waals surface area (Å²) in [5.41, 5.74) is 8.92. The molecule has 84 valence electrons. The molecule has 2 aromatic rings. The third-order valence-corrected chi connectivity index (χ3v) is 2.54. The zero-order valence-electron chi connectivity index (χ0n) is 9.47. The molecule has 4 heteroatoms. The highest BCUT2D eigenvalue weighted by Gasteiger charge is 2.12. The summed E-state index contributed by atoms with van der Waals surface area (Å²) in [7, 11) is 0. The van der Waals surface area contributed by atoms with Gasteiger partial charge in [-0.2, -0.15) is 10.2 Å². The van der Waals surface area contributed by atoms with E-state index >= 15 is 0 Å². The lowest BCUT2D eigenvalue weighted by atomic mass is 10.0. The van der Waals surface area contributed by atoms with Crippen LogP contribution in [-0.4, -0.2) is 10.2 Å². The summed E-state index contributed by atoms with van der Waals surface area (Å²) in [6.07, 6.45) is 2.34. The van der Waals surface area contributed by atoms with Crippen molar-refractivity contribution in [1.29, 1.82) is 0 Å². The van der Waals surface area contributed by atoms with E-state index in [2.05, 4.69) is 10.2 Å². The summed E-state index contributed by atoms with van der Waals surface area (Å²) in [6.45, 7) is 3.83. The van der Waals surface area contributed by atoms with Gasteiger partial charge in [-0.1, -0.05) is 0 Å². The molecule has 0 amide bonds. The Bertz CT molecular complexity index is 465. The molecule has 0 radical (unpaired) electrons. The minimum absolute atomic E-state index is 0.0969. The van der Waals surface area contributed by atoms with Crippen LogP contribution in [0.5, 0.6) is 0 Å². The van der Waals surface area contributed by atoms with Crippen LogP contribution in [0.4, 0.5) is 0 Å². The molecule has 0 spiro atoms. The first-order chi connectivity index (χ1) is 7.66. The van der Waals surface area contributed by atoms with Crippen molar-refractivity contribution < 1.29 is 4.42 Å². The molecule has 0 aliphatic rings. The largest absolute Gasteiger partial charge is 0.469 e. The van der Waals surface area contributed by atoms with Gasteiger partial charge in [0.25, 0.3) is 0 Å². The number of aryl methyl sites for hydroxylation is 2. The summed E-state index contributed by atoms with van der Waals surface area (Å²) in [5.74, 6) is 0.890. The first-order valence-electron chi connectivity index (χ1n) is 5.25. The van der Waals surface area contributed by atoms with Gasteiger partial charge in [0.2, 0.25) is 0 Å². The molecule has 2 aromatic heterocycles. The summed E-state index contributed by atoms with van der Waals surface area (Å²) >= 11 is 0. The van der Waals surface area contributed by atoms with Crippen molar-refractivity contribution in [2.75, 3.05) is 0 Å². The molecule has 0 saturated heterocycles. The first-order valence-corrected chi connectivity index (χ1v) is 5.25. The SMILES string of the molecule is Cc1cc(C(N)Cc2ccco2)c(C)nn1. The van der Waals surface area contributed by atoms with Crippen LogP contribution in [0.25, 0.3) is 0 Å². The maximum absolute atomic E-state index is 6.13. The van der Waals surface area contributed by atoms with Crippen molar-refractivity contribution in [1.82, 2.24) is 10.2 Å². The number of nitrogens with two attached hydrogens (primary N) is 1. The molecule has 0 aliphatic heterocycles. The van der Waals surface area contributed by atoms with Gasteiger partial charge < -0.3 is 10.2 Å². The van der Waals surface area contributed by atoms with Crippen LogP contribution in [0.3, 0.4) is 0 Å². The fraction of sp³-hybridized carbons (Fsp3) is 0.333. The topological polar surface area (TPSA) is 64.9 Å². The smallest absolute Gasteiger partial charge is 0.105 e. The van der Waals surface area contributed by atoms with Crippen molar-refractivity contribution in [2.45, 2.75) is 26.3 Å². The minimum Gasteiger partial charge on any atom is -0.469 e. The lowest BCUT2D eigenvalue weighted by Gasteiger charge is -2.12. The molecule has 2 rings (SSSR count). The molecule has 0 aromatic carbocycles. The second-order valence-corrected chi connectivity index (χ2v) is 3.92. The normalized spacial score (nSPS) is 12.7. The highest BCUT2D eigenvalue weighted by Crippen LogP contribution is 2.18. The Kier molecular flexibility index (Phi) is 3.01. The van der Waals surface area contributed by atoms with E-state index in [0.717, 1.165) is 22.7 Å². The predicted octanol–water partition coefficient (Wildman–Crippen LogP) is 1.93. The highest BCUT2D eigenvalue weighted by molar-refractivity contribution is 5.24. The third-order valence-electron chi connectivity index (χ3n) is 2.54. The molecule has 0 saturated carbocycles. The maximum atomic E-state index is 6.13.